The molecular weight excluding hydrogens is 278 g/mol. The number of aliphatic hydroxyl groups is 1. The maximum absolute atomic E-state index is 11.9. The van der Waals surface area contributed by atoms with Gasteiger partial charge in [-0.25, -0.2) is 9.59 Å². The lowest BCUT2D eigenvalue weighted by Crippen LogP contribution is -2.46. The molecule has 21 heavy (non-hydrogen) atoms. The number of nitrogens with zero attached hydrogens (tertiary/aromatic N) is 1. The van der Waals surface area contributed by atoms with Crippen LogP contribution in [0.2, 0.25) is 0 Å². The van der Waals surface area contributed by atoms with E-state index in [1.54, 1.807) is 0 Å². The fourth-order valence-corrected chi connectivity index (χ4v) is 2.06. The normalized spacial score (nSPS) is 21.4. The summed E-state index contributed by atoms with van der Waals surface area (Å²) in [4.78, 5) is 35.4. The first-order valence-electron chi connectivity index (χ1n) is 7.03. The van der Waals surface area contributed by atoms with E-state index in [0.29, 0.717) is 12.5 Å². The number of hydrogen-bond donors (Lipinski definition) is 4. The van der Waals surface area contributed by atoms with Crippen LogP contribution in [-0.4, -0.2) is 64.8 Å². The van der Waals surface area contributed by atoms with Crippen LogP contribution in [0.5, 0.6) is 0 Å². The summed E-state index contributed by atoms with van der Waals surface area (Å²) in [6, 6.07) is -1.59. The molecule has 8 nitrogen and oxygen atoms in total. The van der Waals surface area contributed by atoms with Crippen LogP contribution < -0.4 is 10.6 Å². The zero-order chi connectivity index (χ0) is 16.0. The smallest absolute Gasteiger partial charge is 0.326 e. The Morgan fingerprint density at radius 2 is 1.95 bits per heavy atom. The van der Waals surface area contributed by atoms with Crippen LogP contribution in [-0.2, 0) is 9.59 Å². The van der Waals surface area contributed by atoms with E-state index in [0.717, 1.165) is 4.90 Å². The fourth-order valence-electron chi connectivity index (χ4n) is 2.06. The summed E-state index contributed by atoms with van der Waals surface area (Å²) in [5, 5.41) is 23.7. The third-order valence-electron chi connectivity index (χ3n) is 3.16. The number of rotatable bonds is 6. The van der Waals surface area contributed by atoms with E-state index < -0.39 is 24.1 Å². The number of nitrogens with one attached hydrogen (secondary N) is 2. The highest BCUT2D eigenvalue weighted by Crippen LogP contribution is 2.17. The maximum atomic E-state index is 11.9. The minimum Gasteiger partial charge on any atom is -0.480 e. The van der Waals surface area contributed by atoms with E-state index >= 15 is 0 Å². The minimum atomic E-state index is -1.14. The number of carboxylic acids is 1. The van der Waals surface area contributed by atoms with E-state index in [4.69, 9.17) is 5.11 Å². The number of aliphatic hydroxyl groups excluding tert-OH is 1. The first-order chi connectivity index (χ1) is 9.81. The predicted molar refractivity (Wildman–Crippen MR) is 74.6 cm³/mol. The Bertz CT molecular complexity index is 399. The highest BCUT2D eigenvalue weighted by Gasteiger charge is 2.38. The Morgan fingerprint density at radius 1 is 1.29 bits per heavy atom. The average molecular weight is 301 g/mol. The molecule has 2 atom stereocenters. The Kier molecular flexibility index (Phi) is 6.41. The number of likely N-dealkylation sites (tertiary alicyclic amines) is 1. The van der Waals surface area contributed by atoms with Crippen LogP contribution in [0.4, 0.5) is 4.79 Å². The van der Waals surface area contributed by atoms with E-state index in [9.17, 15) is 19.5 Å². The van der Waals surface area contributed by atoms with Crippen molar-refractivity contribution in [1.29, 1.82) is 0 Å². The first kappa shape index (κ1) is 17.2. The maximum Gasteiger partial charge on any atom is 0.326 e. The summed E-state index contributed by atoms with van der Waals surface area (Å²) in [5.41, 5.74) is 0. The predicted octanol–water partition coefficient (Wildman–Crippen LogP) is -0.622. The fraction of sp³-hybridized carbons (Fsp3) is 0.769. The number of carbonyl (C=O) groups is 3. The molecule has 8 heteroatoms. The second-order valence-corrected chi connectivity index (χ2v) is 5.58. The number of urea groups is 1. The Balaban J connectivity index is 2.33. The number of aliphatic carboxylic acids is 1. The molecule has 1 heterocycles. The lowest BCUT2D eigenvalue weighted by atomic mass is 10.2. The zero-order valence-electron chi connectivity index (χ0n) is 12.3. The van der Waals surface area contributed by atoms with Gasteiger partial charge in [0.1, 0.15) is 6.04 Å². The summed E-state index contributed by atoms with van der Waals surface area (Å²) in [6.07, 6.45) is -0.671. The number of β-amino-alcohol motifs (C(OH)–C–C–N with tert-alkyl or cyclic N) is 1. The molecule has 0 saturated carbocycles. The Morgan fingerprint density at radius 3 is 2.52 bits per heavy atom. The standard InChI is InChI=1S/C13H23N3O5/c1-8(2)6-15-11(18)3-4-14-13(21)16-7-9(17)5-10(16)12(19)20/h8-10,17H,3-7H2,1-2H3,(H,14,21)(H,15,18)(H,19,20). The molecule has 0 aliphatic carbocycles. The topological polar surface area (TPSA) is 119 Å². The number of carboxylic acid groups (broad SMARTS) is 1. The summed E-state index contributed by atoms with van der Waals surface area (Å²) in [6.45, 7) is 4.65. The molecule has 2 unspecified atom stereocenters. The largest absolute Gasteiger partial charge is 0.480 e. The van der Waals surface area contributed by atoms with Crippen molar-refractivity contribution in [3.63, 3.8) is 0 Å². The molecule has 1 aliphatic heterocycles. The molecule has 0 aromatic heterocycles. The van der Waals surface area contributed by atoms with Gasteiger partial charge in [0.25, 0.3) is 0 Å². The van der Waals surface area contributed by atoms with Crippen molar-refractivity contribution in [3.8, 4) is 0 Å². The summed E-state index contributed by atoms with van der Waals surface area (Å²) in [7, 11) is 0. The van der Waals surface area contributed by atoms with Gasteiger partial charge >= 0.3 is 12.0 Å². The van der Waals surface area contributed by atoms with Gasteiger partial charge < -0.3 is 25.7 Å². The lowest BCUT2D eigenvalue weighted by molar-refractivity contribution is -0.141. The third kappa shape index (κ3) is 5.58. The quantitative estimate of drug-likeness (QED) is 0.521. The van der Waals surface area contributed by atoms with Crippen LogP contribution in [0, 0.1) is 5.92 Å². The molecule has 1 saturated heterocycles. The molecular formula is C13H23N3O5. The van der Waals surface area contributed by atoms with E-state index in [1.807, 2.05) is 13.8 Å². The molecule has 0 aromatic carbocycles. The summed E-state index contributed by atoms with van der Waals surface area (Å²) in [5.74, 6) is -0.956. The number of amides is 3. The van der Waals surface area contributed by atoms with E-state index in [2.05, 4.69) is 10.6 Å². The van der Waals surface area contributed by atoms with Crippen molar-refractivity contribution in [2.24, 2.45) is 5.92 Å². The number of carbonyl (C=O) groups excluding carboxylic acids is 2. The van der Waals surface area contributed by atoms with Crippen molar-refractivity contribution in [3.05, 3.63) is 0 Å². The van der Waals surface area contributed by atoms with Crippen molar-refractivity contribution in [1.82, 2.24) is 15.5 Å². The monoisotopic (exact) mass is 301 g/mol. The second kappa shape index (κ2) is 7.82. The lowest BCUT2D eigenvalue weighted by Gasteiger charge is -2.21. The average Bonchev–Trinajstić information content (AvgIpc) is 2.78. The highest BCUT2D eigenvalue weighted by molar-refractivity contribution is 5.84. The van der Waals surface area contributed by atoms with Crippen molar-refractivity contribution in [2.75, 3.05) is 19.6 Å². The van der Waals surface area contributed by atoms with E-state index in [1.165, 1.54) is 0 Å². The molecule has 3 amide bonds. The van der Waals surface area contributed by atoms with Gasteiger partial charge in [-0.3, -0.25) is 4.79 Å². The minimum absolute atomic E-state index is 0.0116. The van der Waals surface area contributed by atoms with Gasteiger partial charge in [-0.1, -0.05) is 13.8 Å². The van der Waals surface area contributed by atoms with Crippen molar-refractivity contribution >= 4 is 17.9 Å². The molecule has 4 N–H and O–H groups in total. The van der Waals surface area contributed by atoms with Crippen LogP contribution in [0.25, 0.3) is 0 Å². The van der Waals surface area contributed by atoms with Crippen LogP contribution >= 0.6 is 0 Å². The molecule has 1 aliphatic rings. The van der Waals surface area contributed by atoms with E-state index in [-0.39, 0.29) is 31.8 Å². The van der Waals surface area contributed by atoms with Crippen molar-refractivity contribution in [2.45, 2.75) is 38.8 Å². The zero-order valence-corrected chi connectivity index (χ0v) is 12.3. The van der Waals surface area contributed by atoms with Gasteiger partial charge in [0.2, 0.25) is 5.91 Å². The van der Waals surface area contributed by atoms with Crippen LogP contribution in [0.15, 0.2) is 0 Å². The van der Waals surface area contributed by atoms with Gasteiger partial charge in [0.15, 0.2) is 0 Å². The van der Waals surface area contributed by atoms with Gasteiger partial charge in [-0.2, -0.15) is 0 Å². The van der Waals surface area contributed by atoms with Gasteiger partial charge in [0.05, 0.1) is 6.10 Å². The third-order valence-corrected chi connectivity index (χ3v) is 3.16. The van der Waals surface area contributed by atoms with Gasteiger partial charge in [-0.15, -0.1) is 0 Å². The molecule has 0 aromatic rings. The summed E-state index contributed by atoms with van der Waals surface area (Å²) >= 11 is 0. The highest BCUT2D eigenvalue weighted by atomic mass is 16.4. The molecule has 0 spiro atoms. The second-order valence-electron chi connectivity index (χ2n) is 5.58. The van der Waals surface area contributed by atoms with Gasteiger partial charge in [-0.05, 0) is 5.92 Å². The van der Waals surface area contributed by atoms with Crippen LogP contribution in [0.3, 0.4) is 0 Å². The molecule has 1 fully saturated rings. The van der Waals surface area contributed by atoms with Crippen molar-refractivity contribution < 1.29 is 24.6 Å². The molecule has 120 valence electrons. The molecule has 0 bridgehead atoms. The van der Waals surface area contributed by atoms with Gasteiger partial charge in [0, 0.05) is 32.5 Å². The molecule has 0 radical (unpaired) electrons. The SMILES string of the molecule is CC(C)CNC(=O)CCNC(=O)N1CC(O)CC1C(=O)O. The molecule has 1 rings (SSSR count). The van der Waals surface area contributed by atoms with Crippen LogP contribution in [0.1, 0.15) is 26.7 Å². The first-order valence-corrected chi connectivity index (χ1v) is 7.03. The number of hydrogen-bond acceptors (Lipinski definition) is 4. The Hall–Kier alpha value is -1.83. The summed E-state index contributed by atoms with van der Waals surface area (Å²) < 4.78 is 0. The Labute approximate surface area is 123 Å².